The van der Waals surface area contributed by atoms with Crippen molar-refractivity contribution in [2.24, 2.45) is 70.0 Å². The Kier molecular flexibility index (Phi) is 16.5. The second-order valence-electron chi connectivity index (χ2n) is 23.1. The number of carbonyl (C=O) groups is 12. The van der Waals surface area contributed by atoms with Crippen LogP contribution in [0.3, 0.4) is 0 Å². The summed E-state index contributed by atoms with van der Waals surface area (Å²) in [5.74, 6) is -8.97. The molecule has 8 saturated carbocycles. The van der Waals surface area contributed by atoms with Crippen molar-refractivity contribution in [2.45, 2.75) is 113 Å². The molecule has 20 atom stereocenters. The predicted molar refractivity (Wildman–Crippen MR) is 272 cm³/mol. The van der Waals surface area contributed by atoms with Crippen LogP contribution in [0.25, 0.3) is 9.69 Å². The van der Waals surface area contributed by atoms with Crippen LogP contribution >= 0.6 is 0 Å². The minimum Gasteiger partial charge on any atom is -0.458 e. The van der Waals surface area contributed by atoms with E-state index in [1.165, 1.54) is 13.8 Å². The lowest BCUT2D eigenvalue weighted by Crippen LogP contribution is -2.46. The lowest BCUT2D eigenvalue weighted by molar-refractivity contribution is -0.175. The summed E-state index contributed by atoms with van der Waals surface area (Å²) in [6, 6.07) is 4.39. The van der Waals surface area contributed by atoms with E-state index in [-0.39, 0.29) is 94.2 Å². The summed E-state index contributed by atoms with van der Waals surface area (Å²) in [6.07, 6.45) is 1.74. The summed E-state index contributed by atoms with van der Waals surface area (Å²) in [6.45, 7) is 28.7. The molecule has 4 aliphatic heterocycles. The van der Waals surface area contributed by atoms with E-state index < -0.39 is 133 Å². The summed E-state index contributed by atoms with van der Waals surface area (Å²) in [4.78, 5) is 145. The van der Waals surface area contributed by atoms with E-state index in [1.807, 2.05) is 0 Å². The number of carbonyl (C=O) groups excluding carboxylic acids is 12. The van der Waals surface area contributed by atoms with Crippen LogP contribution in [0, 0.1) is 106 Å². The molecule has 8 bridgehead atoms. The number of hydrogen-bond acceptors (Lipinski definition) is 26. The number of rotatable bonds is 16. The van der Waals surface area contributed by atoms with Gasteiger partial charge in [0.05, 0.1) is 58.5 Å². The van der Waals surface area contributed by atoms with Crippen molar-refractivity contribution in [3.8, 4) is 12.1 Å². The molecular weight excluding hydrogens is 1140 g/mol. The number of esters is 12. The van der Waals surface area contributed by atoms with Gasteiger partial charge in [0.2, 0.25) is 12.2 Å². The summed E-state index contributed by atoms with van der Waals surface area (Å²) in [7, 11) is 0. The largest absolute Gasteiger partial charge is 0.458 e. The molecule has 4 saturated heterocycles. The van der Waals surface area contributed by atoms with Crippen molar-refractivity contribution in [1.82, 2.24) is 0 Å². The monoisotopic (exact) mass is 1190 g/mol. The van der Waals surface area contributed by atoms with Gasteiger partial charge < -0.3 is 56.8 Å². The van der Waals surface area contributed by atoms with Crippen LogP contribution in [-0.4, -0.2) is 146 Å². The molecule has 12 rings (SSSR count). The van der Waals surface area contributed by atoms with Crippen molar-refractivity contribution in [1.29, 1.82) is 10.5 Å². The van der Waals surface area contributed by atoms with Crippen LogP contribution in [0.2, 0.25) is 0 Å². The first-order chi connectivity index (χ1) is 40.8. The van der Waals surface area contributed by atoms with E-state index in [2.05, 4.69) is 57.6 Å². The van der Waals surface area contributed by atoms with Gasteiger partial charge in [-0.25, -0.2) is 51.5 Å². The van der Waals surface area contributed by atoms with Crippen LogP contribution in [0.1, 0.15) is 65.2 Å². The highest BCUT2D eigenvalue weighted by Crippen LogP contribution is 2.65. The Morgan fingerprint density at radius 1 is 0.535 bits per heavy atom. The van der Waals surface area contributed by atoms with E-state index in [4.69, 9.17) is 60.5 Å². The maximum absolute atomic E-state index is 11.8. The van der Waals surface area contributed by atoms with Gasteiger partial charge in [-0.3, -0.25) is 28.9 Å². The summed E-state index contributed by atoms with van der Waals surface area (Å²) >= 11 is 0. The Morgan fingerprint density at radius 2 is 0.872 bits per heavy atom. The molecule has 20 unspecified atom stereocenters. The van der Waals surface area contributed by atoms with Crippen molar-refractivity contribution < 1.29 is 114 Å². The third-order valence-electron chi connectivity index (χ3n) is 18.3. The molecule has 12 aliphatic rings. The molecule has 0 radical (unpaired) electrons. The molecule has 0 aromatic rings. The minimum absolute atomic E-state index is 0.0559. The van der Waals surface area contributed by atoms with Crippen LogP contribution < -0.4 is 0 Å². The lowest BCUT2D eigenvalue weighted by Gasteiger charge is -2.30. The average molecular weight is 1190 g/mol. The SMILES string of the molecule is C=C(C)C(=O)OCC(=O)OC1C2OC(=O)C3CC1(C#N)CC32.C=CC(=O)OCC(=O)OC1C2OC(=O)C3CC1(C#N)CC32.[C-]#[N+]C12OC(=O)C3CC(CC31)C2OC(=O)COC(=O)C(=C)C.[C-]#[N+]C12OC(=O)C3CC(CC31)C2OC(=O)COC(=O)C=C. The van der Waals surface area contributed by atoms with E-state index in [0.29, 0.717) is 51.4 Å². The number of hydrogen-bond donors (Lipinski definition) is 0. The molecule has 4 heterocycles. The first-order valence-corrected chi connectivity index (χ1v) is 27.3. The first kappa shape index (κ1) is 61.1. The Bertz CT molecular complexity index is 3160. The van der Waals surface area contributed by atoms with Crippen molar-refractivity contribution >= 4 is 71.6 Å². The van der Waals surface area contributed by atoms with Crippen LogP contribution in [0.5, 0.6) is 0 Å². The highest BCUT2D eigenvalue weighted by atomic mass is 16.7. The molecule has 0 N–H and O–H groups in total. The van der Waals surface area contributed by atoms with Gasteiger partial charge in [0.25, 0.3) is 0 Å². The maximum atomic E-state index is 11.8. The quantitative estimate of drug-likeness (QED) is 0.0921. The molecule has 0 amide bonds. The van der Waals surface area contributed by atoms with Gasteiger partial charge in [0.15, 0.2) is 38.6 Å². The zero-order valence-electron chi connectivity index (χ0n) is 46.3. The molecule has 12 fully saturated rings. The Balaban J connectivity index is 0.000000137. The molecule has 0 spiro atoms. The highest BCUT2D eigenvalue weighted by Gasteiger charge is 2.80. The van der Waals surface area contributed by atoms with E-state index in [0.717, 1.165) is 12.2 Å². The zero-order chi connectivity index (χ0) is 62.5. The van der Waals surface area contributed by atoms with Gasteiger partial charge >= 0.3 is 83.1 Å². The first-order valence-electron chi connectivity index (χ1n) is 27.3. The Morgan fingerprint density at radius 3 is 1.19 bits per heavy atom. The summed E-state index contributed by atoms with van der Waals surface area (Å²) in [5, 5.41) is 18.9. The number of nitriles is 2. The lowest BCUT2D eigenvalue weighted by atomic mass is 9.79. The third-order valence-corrected chi connectivity index (χ3v) is 18.3. The van der Waals surface area contributed by atoms with Gasteiger partial charge in [-0.2, -0.15) is 10.5 Å². The standard InChI is InChI=1S/2C15H15NO6.2C14H13NO6/c1-7(2)13(18)20-6-11(17)21-12-8-4-9-10(5-8)15(12,16-3)22-14(9)19;1-7(2)13(18)20-5-10(17)21-12-11-8-3-15(12,6-16)4-9(8)14(19)22-11;1-3-10(16)19-6-11(17)20-12-7-4-8-9(5-7)14(12,15-2)21-13(8)18;1-2-9(16)19-5-10(17)20-12-11-7-3-14(12,6-15)4-8(7)13(18)21-11/h8-10,12H,1,4-6H2,2H3;8-9,11-12H,1,3-5H2,2H3;3,7-9,12H,1,4-6H2;2,7-8,11-12H,1,3-5H2. The van der Waals surface area contributed by atoms with Gasteiger partial charge in [0, 0.05) is 47.0 Å². The van der Waals surface area contributed by atoms with Crippen LogP contribution in [0.15, 0.2) is 49.6 Å². The van der Waals surface area contributed by atoms with E-state index in [9.17, 15) is 68.1 Å². The summed E-state index contributed by atoms with van der Waals surface area (Å²) < 4.78 is 60.8. The van der Waals surface area contributed by atoms with Crippen LogP contribution in [0.4, 0.5) is 0 Å². The molecular formula is C58H56N4O24. The number of fused-ring (bicyclic) bond motifs is 4. The van der Waals surface area contributed by atoms with Gasteiger partial charge in [-0.15, -0.1) is 0 Å². The Hall–Kier alpha value is -9.44. The van der Waals surface area contributed by atoms with Gasteiger partial charge in [-0.05, 0) is 65.2 Å². The van der Waals surface area contributed by atoms with Crippen molar-refractivity contribution in [3.05, 3.63) is 72.4 Å². The van der Waals surface area contributed by atoms with E-state index >= 15 is 0 Å². The molecule has 452 valence electrons. The number of ether oxygens (including phenoxy) is 12. The average Bonchev–Trinajstić information content (AvgIpc) is 1.59. The number of nitrogens with zero attached hydrogens (tertiary/aromatic N) is 4. The maximum Gasteiger partial charge on any atom is 0.418 e. The van der Waals surface area contributed by atoms with Crippen LogP contribution in [-0.2, 0) is 114 Å². The second-order valence-corrected chi connectivity index (χ2v) is 23.1. The highest BCUT2D eigenvalue weighted by molar-refractivity contribution is 5.90. The fourth-order valence-corrected chi connectivity index (χ4v) is 14.7. The smallest absolute Gasteiger partial charge is 0.418 e. The topological polar surface area (TPSA) is 372 Å². The van der Waals surface area contributed by atoms with E-state index in [1.54, 1.807) is 0 Å². The molecule has 86 heavy (non-hydrogen) atoms. The zero-order valence-corrected chi connectivity index (χ0v) is 46.3. The van der Waals surface area contributed by atoms with Gasteiger partial charge in [-0.1, -0.05) is 26.3 Å². The molecule has 8 aliphatic carbocycles. The molecule has 28 heteroatoms. The fourth-order valence-electron chi connectivity index (χ4n) is 14.7. The molecule has 28 nitrogen and oxygen atoms in total. The minimum atomic E-state index is -1.39. The second kappa shape index (κ2) is 23.2. The van der Waals surface area contributed by atoms with Gasteiger partial charge in [0.1, 0.15) is 12.2 Å². The molecule has 0 aromatic carbocycles. The fraction of sp³-hybridized carbons (Fsp3) is 0.586. The Labute approximate surface area is 489 Å². The molecule has 0 aromatic heterocycles. The third kappa shape index (κ3) is 10.4. The normalized spacial score (nSPS) is 37.9. The predicted octanol–water partition coefficient (Wildman–Crippen LogP) is 1.90. The van der Waals surface area contributed by atoms with Crippen molar-refractivity contribution in [3.63, 3.8) is 0 Å². The summed E-state index contributed by atoms with van der Waals surface area (Å²) in [5.41, 5.74) is -4.17. The van der Waals surface area contributed by atoms with Crippen molar-refractivity contribution in [2.75, 3.05) is 26.4 Å².